The molecule has 0 radical (unpaired) electrons. The third kappa shape index (κ3) is 2.72. The van der Waals surface area contributed by atoms with E-state index in [9.17, 15) is 5.11 Å². The minimum Gasteiger partial charge on any atom is -0.395 e. The molecule has 0 aromatic heterocycles. The van der Waals surface area contributed by atoms with Gasteiger partial charge in [0.05, 0.1) is 31.7 Å². The Balaban J connectivity index is 1.89. The van der Waals surface area contributed by atoms with Crippen LogP contribution in [0.5, 0.6) is 0 Å². The van der Waals surface area contributed by atoms with Gasteiger partial charge < -0.3 is 15.6 Å². The van der Waals surface area contributed by atoms with Crippen molar-refractivity contribution in [2.24, 2.45) is 11.1 Å². The largest absolute Gasteiger partial charge is 0.395 e. The molecule has 1 atom stereocenters. The van der Waals surface area contributed by atoms with Crippen LogP contribution in [0.4, 0.5) is 0 Å². The first kappa shape index (κ1) is 11.8. The van der Waals surface area contributed by atoms with E-state index in [0.29, 0.717) is 13.0 Å². The predicted octanol–water partition coefficient (Wildman–Crippen LogP) is -0.214. The highest BCUT2D eigenvalue weighted by Gasteiger charge is 2.45. The van der Waals surface area contributed by atoms with Gasteiger partial charge in [0.15, 0.2) is 0 Å². The van der Waals surface area contributed by atoms with E-state index in [4.69, 9.17) is 15.9 Å². The summed E-state index contributed by atoms with van der Waals surface area (Å²) in [5.74, 6) is 0.284. The molecule has 1 saturated carbocycles. The molecule has 2 aliphatic rings. The smallest absolute Gasteiger partial charge is 0.0911 e. The molecule has 0 aromatic carbocycles. The van der Waals surface area contributed by atoms with Crippen molar-refractivity contribution in [3.63, 3.8) is 0 Å². The fraction of sp³-hybridized carbons (Fsp3) is 0.909. The molecule has 1 heterocycles. The summed E-state index contributed by atoms with van der Waals surface area (Å²) in [7, 11) is 0. The average Bonchev–Trinajstić information content (AvgIpc) is 2.97. The van der Waals surface area contributed by atoms with Crippen LogP contribution < -0.4 is 5.73 Å². The molecule has 1 aliphatic carbocycles. The summed E-state index contributed by atoms with van der Waals surface area (Å²) in [5.41, 5.74) is 5.70. The highest BCUT2D eigenvalue weighted by Crippen LogP contribution is 2.49. The second-order valence-electron chi connectivity index (χ2n) is 5.08. The van der Waals surface area contributed by atoms with Crippen molar-refractivity contribution < 1.29 is 9.84 Å². The molecule has 1 saturated heterocycles. The Kier molecular flexibility index (Phi) is 3.47. The zero-order chi connectivity index (χ0) is 11.6. The van der Waals surface area contributed by atoms with Crippen LogP contribution in [-0.4, -0.2) is 54.8 Å². The maximum atomic E-state index is 9.27. The van der Waals surface area contributed by atoms with E-state index in [1.165, 1.54) is 0 Å². The number of nitrogens with zero attached hydrogens (tertiary/aromatic N) is 1. The van der Waals surface area contributed by atoms with Crippen molar-refractivity contribution in [2.45, 2.75) is 25.3 Å². The lowest BCUT2D eigenvalue weighted by Gasteiger charge is -2.36. The Morgan fingerprint density at radius 2 is 2.31 bits per heavy atom. The van der Waals surface area contributed by atoms with Gasteiger partial charge in [-0.1, -0.05) is 0 Å². The third-order valence-electron chi connectivity index (χ3n) is 3.62. The summed E-state index contributed by atoms with van der Waals surface area (Å²) in [4.78, 5) is 2.29. The number of rotatable bonds is 5. The van der Waals surface area contributed by atoms with E-state index < -0.39 is 0 Å². The average molecular weight is 227 g/mol. The summed E-state index contributed by atoms with van der Waals surface area (Å²) in [6, 6.07) is 0.123. The number of aliphatic hydroxyl groups is 1. The summed E-state index contributed by atoms with van der Waals surface area (Å²) >= 11 is 0. The van der Waals surface area contributed by atoms with Crippen molar-refractivity contribution >= 4 is 5.84 Å². The third-order valence-corrected chi connectivity index (χ3v) is 3.62. The SMILES string of the molecule is N=C(N)CC1(CN2CCOCC2CO)CC1. The fourth-order valence-electron chi connectivity index (χ4n) is 2.47. The minimum atomic E-state index is 0.123. The summed E-state index contributed by atoms with van der Waals surface area (Å²) in [6.07, 6.45) is 3.01. The van der Waals surface area contributed by atoms with E-state index in [1.54, 1.807) is 0 Å². The first-order chi connectivity index (χ1) is 7.65. The lowest BCUT2D eigenvalue weighted by Crippen LogP contribution is -2.49. The number of morpholine rings is 1. The van der Waals surface area contributed by atoms with Gasteiger partial charge in [0.25, 0.3) is 0 Å². The molecule has 2 fully saturated rings. The van der Waals surface area contributed by atoms with E-state index >= 15 is 0 Å². The lowest BCUT2D eigenvalue weighted by molar-refractivity contribution is -0.0349. The van der Waals surface area contributed by atoms with Crippen LogP contribution in [0.3, 0.4) is 0 Å². The van der Waals surface area contributed by atoms with E-state index in [1.807, 2.05) is 0 Å². The predicted molar refractivity (Wildman–Crippen MR) is 61.5 cm³/mol. The number of aliphatic hydroxyl groups excluding tert-OH is 1. The van der Waals surface area contributed by atoms with Gasteiger partial charge in [-0.2, -0.15) is 0 Å². The number of ether oxygens (including phenoxy) is 1. The number of hydrogen-bond acceptors (Lipinski definition) is 4. The monoisotopic (exact) mass is 227 g/mol. The summed E-state index contributed by atoms with van der Waals surface area (Å²) in [5, 5.41) is 16.7. The van der Waals surface area contributed by atoms with Crippen LogP contribution in [0.25, 0.3) is 0 Å². The molecule has 4 N–H and O–H groups in total. The van der Waals surface area contributed by atoms with Gasteiger partial charge >= 0.3 is 0 Å². The molecular formula is C11H21N3O2. The molecule has 2 rings (SSSR count). The van der Waals surface area contributed by atoms with Crippen LogP contribution in [0.15, 0.2) is 0 Å². The van der Waals surface area contributed by atoms with Crippen LogP contribution in [0.2, 0.25) is 0 Å². The second kappa shape index (κ2) is 4.69. The molecule has 5 heteroatoms. The zero-order valence-corrected chi connectivity index (χ0v) is 9.61. The van der Waals surface area contributed by atoms with Crippen molar-refractivity contribution in [1.29, 1.82) is 5.41 Å². The van der Waals surface area contributed by atoms with Gasteiger partial charge in [0.1, 0.15) is 0 Å². The van der Waals surface area contributed by atoms with Crippen molar-refractivity contribution in [2.75, 3.05) is 32.9 Å². The number of amidine groups is 1. The Morgan fingerprint density at radius 1 is 1.56 bits per heavy atom. The van der Waals surface area contributed by atoms with Gasteiger partial charge in [0, 0.05) is 19.5 Å². The van der Waals surface area contributed by atoms with E-state index in [0.717, 1.165) is 32.5 Å². The molecule has 92 valence electrons. The summed E-state index contributed by atoms with van der Waals surface area (Å²) in [6.45, 7) is 3.33. The molecule has 1 unspecified atom stereocenters. The lowest BCUT2D eigenvalue weighted by atomic mass is 10.00. The van der Waals surface area contributed by atoms with Crippen LogP contribution in [0.1, 0.15) is 19.3 Å². The van der Waals surface area contributed by atoms with Gasteiger partial charge in [-0.05, 0) is 18.3 Å². The van der Waals surface area contributed by atoms with Crippen molar-refractivity contribution in [3.8, 4) is 0 Å². The molecule has 1 aliphatic heterocycles. The van der Waals surface area contributed by atoms with E-state index in [2.05, 4.69) is 4.90 Å². The first-order valence-corrected chi connectivity index (χ1v) is 5.91. The Hall–Kier alpha value is -0.650. The molecule has 0 bridgehead atoms. The highest BCUT2D eigenvalue weighted by molar-refractivity contribution is 5.78. The van der Waals surface area contributed by atoms with Gasteiger partial charge in [-0.25, -0.2) is 0 Å². The van der Waals surface area contributed by atoms with Crippen molar-refractivity contribution in [3.05, 3.63) is 0 Å². The van der Waals surface area contributed by atoms with Crippen LogP contribution in [-0.2, 0) is 4.74 Å². The Morgan fingerprint density at radius 3 is 2.88 bits per heavy atom. The standard InChI is InChI=1S/C11H21N3O2/c12-10(13)5-11(1-2-11)8-14-3-4-16-7-9(14)6-15/h9,15H,1-8H2,(H3,12,13). The maximum absolute atomic E-state index is 9.27. The zero-order valence-electron chi connectivity index (χ0n) is 9.61. The number of nitrogens with two attached hydrogens (primary N) is 1. The summed E-state index contributed by atoms with van der Waals surface area (Å²) < 4.78 is 5.35. The Bertz CT molecular complexity index is 266. The maximum Gasteiger partial charge on any atom is 0.0911 e. The molecule has 16 heavy (non-hydrogen) atoms. The molecular weight excluding hydrogens is 206 g/mol. The molecule has 5 nitrogen and oxygen atoms in total. The quantitative estimate of drug-likeness (QED) is 0.448. The molecule has 0 spiro atoms. The van der Waals surface area contributed by atoms with Crippen molar-refractivity contribution in [1.82, 2.24) is 4.90 Å². The number of hydrogen-bond donors (Lipinski definition) is 3. The topological polar surface area (TPSA) is 82.6 Å². The van der Waals surface area contributed by atoms with Crippen LogP contribution >= 0.6 is 0 Å². The minimum absolute atomic E-state index is 0.123. The number of nitrogens with one attached hydrogen (secondary N) is 1. The molecule has 0 aromatic rings. The van der Waals surface area contributed by atoms with Gasteiger partial charge in [0.2, 0.25) is 0 Å². The Labute approximate surface area is 96.1 Å². The van der Waals surface area contributed by atoms with Gasteiger partial charge in [-0.3, -0.25) is 10.3 Å². The van der Waals surface area contributed by atoms with Crippen LogP contribution in [0, 0.1) is 10.8 Å². The first-order valence-electron chi connectivity index (χ1n) is 5.91. The second-order valence-corrected chi connectivity index (χ2v) is 5.08. The highest BCUT2D eigenvalue weighted by atomic mass is 16.5. The van der Waals surface area contributed by atoms with Gasteiger partial charge in [-0.15, -0.1) is 0 Å². The molecule has 0 amide bonds. The fourth-order valence-corrected chi connectivity index (χ4v) is 2.47. The normalized spacial score (nSPS) is 28.9. The van der Waals surface area contributed by atoms with E-state index in [-0.39, 0.29) is 23.9 Å².